The monoisotopic (exact) mass is 302 g/mol. The first-order valence-electron chi connectivity index (χ1n) is 7.30. The molecule has 2 rings (SSSR count). The molecule has 21 heavy (non-hydrogen) atoms. The summed E-state index contributed by atoms with van der Waals surface area (Å²) in [6, 6.07) is 6.19. The quantitative estimate of drug-likeness (QED) is 0.640. The van der Waals surface area contributed by atoms with Gasteiger partial charge in [-0.2, -0.15) is 0 Å². The lowest BCUT2D eigenvalue weighted by molar-refractivity contribution is -0.117. The highest BCUT2D eigenvalue weighted by Crippen LogP contribution is 2.25. The first kappa shape index (κ1) is 16.1. The van der Waals surface area contributed by atoms with Crippen LogP contribution in [-0.2, 0) is 11.2 Å². The zero-order chi connectivity index (χ0) is 15.2. The molecule has 1 aromatic rings. The number of Topliss-reactive ketones (excluding diaryl/α,β-unsaturated/α-hetero) is 1. The van der Waals surface area contributed by atoms with E-state index in [1.54, 1.807) is 11.8 Å². The summed E-state index contributed by atoms with van der Waals surface area (Å²) in [6.07, 6.45) is 10.1. The van der Waals surface area contributed by atoms with Gasteiger partial charge in [-0.25, -0.2) is 0 Å². The number of thioether (sulfide) groups is 1. The molecule has 0 spiro atoms. The Balaban J connectivity index is 1.96. The van der Waals surface area contributed by atoms with Crippen LogP contribution in [0.4, 0.5) is 0 Å². The smallest absolute Gasteiger partial charge is 0.133 e. The molecule has 1 aliphatic rings. The minimum absolute atomic E-state index is 0.317. The Morgan fingerprint density at radius 3 is 2.95 bits per heavy atom. The van der Waals surface area contributed by atoms with Crippen molar-refractivity contribution >= 4 is 23.6 Å². The van der Waals surface area contributed by atoms with Crippen molar-refractivity contribution in [2.45, 2.75) is 36.7 Å². The summed E-state index contributed by atoms with van der Waals surface area (Å²) in [6.45, 7) is 3.81. The largest absolute Gasteiger partial charge is 0.389 e. The Bertz CT molecular complexity index is 548. The predicted octanol–water partition coefficient (Wildman–Crippen LogP) is 3.88. The van der Waals surface area contributed by atoms with Crippen molar-refractivity contribution in [3.8, 4) is 0 Å². The summed E-state index contributed by atoms with van der Waals surface area (Å²) in [5.41, 5.74) is 2.24. The molecule has 1 fully saturated rings. The van der Waals surface area contributed by atoms with Gasteiger partial charge in [0, 0.05) is 24.2 Å². The van der Waals surface area contributed by atoms with Crippen LogP contribution in [0.5, 0.6) is 0 Å². The van der Waals surface area contributed by atoms with Crippen molar-refractivity contribution < 1.29 is 9.90 Å². The standard InChI is InChI=1S/C18H22O2S/c1-3-15-7-4-14(12-18(15)21-2)11-17(20)9-6-13-5-8-16(19)10-13/h3-4,6-7,9,12-13,17,20H,1,5,8,10-11H2,2H3/b9-6+. The lowest BCUT2D eigenvalue weighted by Gasteiger charge is -2.10. The van der Waals surface area contributed by atoms with Crippen molar-refractivity contribution in [1.82, 2.24) is 0 Å². The van der Waals surface area contributed by atoms with Gasteiger partial charge in [0.15, 0.2) is 0 Å². The van der Waals surface area contributed by atoms with Crippen LogP contribution in [-0.4, -0.2) is 23.2 Å². The van der Waals surface area contributed by atoms with Crippen LogP contribution in [0.1, 0.15) is 30.4 Å². The van der Waals surface area contributed by atoms with Crippen LogP contribution in [0.2, 0.25) is 0 Å². The van der Waals surface area contributed by atoms with E-state index in [0.29, 0.717) is 31.0 Å². The fourth-order valence-electron chi connectivity index (χ4n) is 2.65. The molecule has 1 aromatic carbocycles. The fourth-order valence-corrected chi connectivity index (χ4v) is 3.31. The molecule has 1 saturated carbocycles. The van der Waals surface area contributed by atoms with Crippen molar-refractivity contribution in [1.29, 1.82) is 0 Å². The highest BCUT2D eigenvalue weighted by molar-refractivity contribution is 7.98. The number of allylic oxidation sites excluding steroid dienone is 1. The number of carbonyl (C=O) groups excluding carboxylic acids is 1. The molecule has 0 bridgehead atoms. The lowest BCUT2D eigenvalue weighted by atomic mass is 10.0. The topological polar surface area (TPSA) is 37.3 Å². The number of hydrogen-bond donors (Lipinski definition) is 1. The van der Waals surface area contributed by atoms with Gasteiger partial charge < -0.3 is 5.11 Å². The van der Waals surface area contributed by atoms with E-state index in [2.05, 4.69) is 12.6 Å². The maximum atomic E-state index is 11.2. The molecule has 0 aromatic heterocycles. The lowest BCUT2D eigenvalue weighted by Crippen LogP contribution is -2.07. The number of benzene rings is 1. The van der Waals surface area contributed by atoms with E-state index in [1.807, 2.05) is 36.6 Å². The normalized spacial score (nSPS) is 20.1. The van der Waals surface area contributed by atoms with E-state index >= 15 is 0 Å². The van der Waals surface area contributed by atoms with Gasteiger partial charge in [-0.3, -0.25) is 4.79 Å². The molecule has 2 nitrogen and oxygen atoms in total. The SMILES string of the molecule is C=Cc1ccc(CC(O)/C=C/C2CCC(=O)C2)cc1SC. The third-order valence-electron chi connectivity index (χ3n) is 3.85. The van der Waals surface area contributed by atoms with Crippen LogP contribution in [0.15, 0.2) is 41.8 Å². The molecule has 3 heteroatoms. The maximum absolute atomic E-state index is 11.2. The maximum Gasteiger partial charge on any atom is 0.133 e. The molecule has 0 aliphatic heterocycles. The molecule has 2 atom stereocenters. The van der Waals surface area contributed by atoms with Gasteiger partial charge >= 0.3 is 0 Å². The van der Waals surface area contributed by atoms with Crippen molar-refractivity contribution in [3.05, 3.63) is 48.1 Å². The first-order valence-corrected chi connectivity index (χ1v) is 8.52. The molecule has 112 valence electrons. The van der Waals surface area contributed by atoms with Crippen molar-refractivity contribution in [2.75, 3.05) is 6.26 Å². The minimum atomic E-state index is -0.495. The second-order valence-electron chi connectivity index (χ2n) is 5.48. The van der Waals surface area contributed by atoms with Gasteiger partial charge in [-0.05, 0) is 35.8 Å². The van der Waals surface area contributed by atoms with Gasteiger partial charge in [0.25, 0.3) is 0 Å². The zero-order valence-electron chi connectivity index (χ0n) is 12.4. The second-order valence-corrected chi connectivity index (χ2v) is 6.33. The van der Waals surface area contributed by atoms with Crippen molar-refractivity contribution in [2.24, 2.45) is 5.92 Å². The van der Waals surface area contributed by atoms with E-state index < -0.39 is 6.10 Å². The summed E-state index contributed by atoms with van der Waals surface area (Å²) in [4.78, 5) is 12.4. The number of rotatable bonds is 6. The van der Waals surface area contributed by atoms with Gasteiger partial charge in [-0.15, -0.1) is 11.8 Å². The van der Waals surface area contributed by atoms with Crippen LogP contribution in [0.3, 0.4) is 0 Å². The summed E-state index contributed by atoms with van der Waals surface area (Å²) in [7, 11) is 0. The fraction of sp³-hybridized carbons (Fsp3) is 0.389. The molecular formula is C18H22O2S. The highest BCUT2D eigenvalue weighted by atomic mass is 32.2. The van der Waals surface area contributed by atoms with Crippen LogP contribution < -0.4 is 0 Å². The number of aliphatic hydroxyl groups excluding tert-OH is 1. The Labute approximate surface area is 131 Å². The van der Waals surface area contributed by atoms with Gasteiger partial charge in [-0.1, -0.05) is 36.9 Å². The number of ketones is 1. The molecule has 0 radical (unpaired) electrons. The van der Waals surface area contributed by atoms with Gasteiger partial charge in [0.2, 0.25) is 0 Å². The van der Waals surface area contributed by atoms with Crippen LogP contribution in [0.25, 0.3) is 6.08 Å². The number of carbonyl (C=O) groups is 1. The molecule has 1 aliphatic carbocycles. The number of hydrogen-bond acceptors (Lipinski definition) is 3. The van der Waals surface area contributed by atoms with Gasteiger partial charge in [0.1, 0.15) is 5.78 Å². The third-order valence-corrected chi connectivity index (χ3v) is 4.65. The summed E-state index contributed by atoms with van der Waals surface area (Å²) in [5.74, 6) is 0.654. The molecule has 1 N–H and O–H groups in total. The van der Waals surface area contributed by atoms with E-state index in [1.165, 1.54) is 4.90 Å². The molecule has 0 heterocycles. The minimum Gasteiger partial charge on any atom is -0.389 e. The molecule has 0 amide bonds. The van der Waals surface area contributed by atoms with Gasteiger partial charge in [0.05, 0.1) is 6.10 Å². The first-order chi connectivity index (χ1) is 10.1. The van der Waals surface area contributed by atoms with E-state index in [4.69, 9.17) is 0 Å². The molecular weight excluding hydrogens is 280 g/mol. The van der Waals surface area contributed by atoms with E-state index in [-0.39, 0.29) is 0 Å². The highest BCUT2D eigenvalue weighted by Gasteiger charge is 2.19. The Hall–Kier alpha value is -1.32. The predicted molar refractivity (Wildman–Crippen MR) is 89.5 cm³/mol. The average Bonchev–Trinajstić information content (AvgIpc) is 2.90. The Morgan fingerprint density at radius 1 is 1.52 bits per heavy atom. The van der Waals surface area contributed by atoms with Crippen LogP contribution in [0, 0.1) is 5.92 Å². The second kappa shape index (κ2) is 7.62. The molecule has 2 unspecified atom stereocenters. The summed E-state index contributed by atoms with van der Waals surface area (Å²) in [5, 5.41) is 10.1. The van der Waals surface area contributed by atoms with E-state index in [9.17, 15) is 9.90 Å². The van der Waals surface area contributed by atoms with E-state index in [0.717, 1.165) is 17.5 Å². The zero-order valence-corrected chi connectivity index (χ0v) is 13.2. The third kappa shape index (κ3) is 4.58. The summed E-state index contributed by atoms with van der Waals surface area (Å²) >= 11 is 1.69. The Morgan fingerprint density at radius 2 is 2.33 bits per heavy atom. The molecule has 0 saturated heterocycles. The Kier molecular flexibility index (Phi) is 5.83. The van der Waals surface area contributed by atoms with Crippen LogP contribution >= 0.6 is 11.8 Å². The van der Waals surface area contributed by atoms with Crippen molar-refractivity contribution in [3.63, 3.8) is 0 Å². The summed E-state index contributed by atoms with van der Waals surface area (Å²) < 4.78 is 0. The average molecular weight is 302 g/mol. The number of aliphatic hydroxyl groups is 1.